The lowest BCUT2D eigenvalue weighted by atomic mass is 10.1. The Morgan fingerprint density at radius 3 is 2.77 bits per heavy atom. The first-order valence-corrected chi connectivity index (χ1v) is 9.39. The van der Waals surface area contributed by atoms with E-state index in [0.29, 0.717) is 18.2 Å². The fourth-order valence-corrected chi connectivity index (χ4v) is 3.81. The van der Waals surface area contributed by atoms with Gasteiger partial charge in [0.1, 0.15) is 0 Å². The third kappa shape index (κ3) is 3.34. The van der Waals surface area contributed by atoms with Crippen LogP contribution in [0.5, 0.6) is 0 Å². The molecule has 1 aliphatic rings. The van der Waals surface area contributed by atoms with E-state index < -0.39 is 0 Å². The van der Waals surface area contributed by atoms with E-state index in [9.17, 15) is 4.79 Å². The number of aryl methyl sites for hydroxylation is 1. The van der Waals surface area contributed by atoms with Gasteiger partial charge in [0.25, 0.3) is 5.91 Å². The third-order valence-corrected chi connectivity index (χ3v) is 5.15. The van der Waals surface area contributed by atoms with Crippen LogP contribution in [0.15, 0.2) is 42.6 Å². The number of hydrogen-bond acceptors (Lipinski definition) is 3. The predicted molar refractivity (Wildman–Crippen MR) is 102 cm³/mol. The van der Waals surface area contributed by atoms with Gasteiger partial charge >= 0.3 is 0 Å². The molecule has 4 rings (SSSR count). The molecule has 0 spiro atoms. The SMILES string of the molecule is Cc1cc(C(=O)NCCc2ccccc2)c2cnn(C3CCCC3)c2n1. The summed E-state index contributed by atoms with van der Waals surface area (Å²) in [5.74, 6) is -0.0533. The van der Waals surface area contributed by atoms with Crippen molar-refractivity contribution in [1.29, 1.82) is 0 Å². The zero-order chi connectivity index (χ0) is 17.9. The van der Waals surface area contributed by atoms with Crippen LogP contribution in [0.3, 0.4) is 0 Å². The molecule has 26 heavy (non-hydrogen) atoms. The summed E-state index contributed by atoms with van der Waals surface area (Å²) in [6, 6.07) is 12.5. The molecule has 1 aliphatic carbocycles. The average Bonchev–Trinajstić information content (AvgIpc) is 3.31. The van der Waals surface area contributed by atoms with Crippen molar-refractivity contribution < 1.29 is 4.79 Å². The largest absolute Gasteiger partial charge is 0.352 e. The van der Waals surface area contributed by atoms with Crippen molar-refractivity contribution in [2.24, 2.45) is 0 Å². The molecule has 5 nitrogen and oxygen atoms in total. The first-order chi connectivity index (χ1) is 12.7. The maximum Gasteiger partial charge on any atom is 0.252 e. The molecule has 2 heterocycles. The number of hydrogen-bond donors (Lipinski definition) is 1. The van der Waals surface area contributed by atoms with Crippen LogP contribution in [-0.2, 0) is 6.42 Å². The van der Waals surface area contributed by atoms with Crippen molar-refractivity contribution in [2.75, 3.05) is 6.54 Å². The fourth-order valence-electron chi connectivity index (χ4n) is 3.81. The maximum absolute atomic E-state index is 12.8. The zero-order valence-electron chi connectivity index (χ0n) is 15.1. The lowest BCUT2D eigenvalue weighted by Gasteiger charge is -2.12. The second kappa shape index (κ2) is 7.28. The highest BCUT2D eigenvalue weighted by molar-refractivity contribution is 6.05. The molecular weight excluding hydrogens is 324 g/mol. The average molecular weight is 348 g/mol. The van der Waals surface area contributed by atoms with Crippen molar-refractivity contribution in [3.05, 3.63) is 59.4 Å². The summed E-state index contributed by atoms with van der Waals surface area (Å²) in [4.78, 5) is 17.4. The molecule has 0 bridgehead atoms. The van der Waals surface area contributed by atoms with Gasteiger partial charge in [0.15, 0.2) is 5.65 Å². The molecule has 1 saturated carbocycles. The molecule has 2 aromatic heterocycles. The Morgan fingerprint density at radius 2 is 2.00 bits per heavy atom. The Kier molecular flexibility index (Phi) is 4.69. The summed E-state index contributed by atoms with van der Waals surface area (Å²) in [6.07, 6.45) is 7.39. The summed E-state index contributed by atoms with van der Waals surface area (Å²) >= 11 is 0. The number of rotatable bonds is 5. The van der Waals surface area contributed by atoms with Crippen LogP contribution in [0.2, 0.25) is 0 Å². The minimum atomic E-state index is -0.0533. The van der Waals surface area contributed by atoms with E-state index in [0.717, 1.165) is 36.0 Å². The predicted octanol–water partition coefficient (Wildman–Crippen LogP) is 3.83. The third-order valence-electron chi connectivity index (χ3n) is 5.15. The second-order valence-electron chi connectivity index (χ2n) is 7.07. The van der Waals surface area contributed by atoms with Crippen molar-refractivity contribution in [2.45, 2.75) is 45.1 Å². The Labute approximate surface area is 153 Å². The van der Waals surface area contributed by atoms with E-state index in [1.165, 1.54) is 18.4 Å². The van der Waals surface area contributed by atoms with E-state index in [1.807, 2.05) is 35.9 Å². The fraction of sp³-hybridized carbons (Fsp3) is 0.381. The molecule has 5 heteroatoms. The lowest BCUT2D eigenvalue weighted by molar-refractivity contribution is 0.0955. The Bertz CT molecular complexity index is 910. The number of carbonyl (C=O) groups excluding carboxylic acids is 1. The monoisotopic (exact) mass is 348 g/mol. The summed E-state index contributed by atoms with van der Waals surface area (Å²) in [5, 5.41) is 8.45. The van der Waals surface area contributed by atoms with E-state index in [1.54, 1.807) is 6.20 Å². The normalized spacial score (nSPS) is 14.8. The number of amides is 1. The molecule has 0 saturated heterocycles. The van der Waals surface area contributed by atoms with Gasteiger partial charge in [-0.15, -0.1) is 0 Å². The molecule has 1 N–H and O–H groups in total. The molecule has 134 valence electrons. The first-order valence-electron chi connectivity index (χ1n) is 9.39. The smallest absolute Gasteiger partial charge is 0.252 e. The molecule has 1 aromatic carbocycles. The van der Waals surface area contributed by atoms with E-state index in [4.69, 9.17) is 0 Å². The molecular formula is C21H24N4O. The summed E-state index contributed by atoms with van der Waals surface area (Å²) in [7, 11) is 0. The van der Waals surface area contributed by atoms with Crippen LogP contribution in [0.4, 0.5) is 0 Å². The van der Waals surface area contributed by atoms with E-state index >= 15 is 0 Å². The number of pyridine rings is 1. The highest BCUT2D eigenvalue weighted by atomic mass is 16.1. The summed E-state index contributed by atoms with van der Waals surface area (Å²) in [5.41, 5.74) is 3.58. The summed E-state index contributed by atoms with van der Waals surface area (Å²) < 4.78 is 2.02. The molecule has 0 unspecified atom stereocenters. The number of carbonyl (C=O) groups is 1. The number of nitrogens with zero attached hydrogens (tertiary/aromatic N) is 3. The van der Waals surface area contributed by atoms with Crippen molar-refractivity contribution in [1.82, 2.24) is 20.1 Å². The van der Waals surface area contributed by atoms with Crippen molar-refractivity contribution in [3.8, 4) is 0 Å². The van der Waals surface area contributed by atoms with Crippen LogP contribution >= 0.6 is 0 Å². The minimum Gasteiger partial charge on any atom is -0.352 e. The molecule has 3 aromatic rings. The number of aromatic nitrogens is 3. The minimum absolute atomic E-state index is 0.0533. The van der Waals surface area contributed by atoms with Crippen LogP contribution in [0.1, 0.15) is 53.3 Å². The standard InChI is InChI=1S/C21H24N4O/c1-15-13-18(21(26)22-12-11-16-7-3-2-4-8-16)19-14-23-25(20(19)24-15)17-9-5-6-10-17/h2-4,7-8,13-14,17H,5-6,9-12H2,1H3,(H,22,26). The van der Waals surface area contributed by atoms with Crippen LogP contribution in [0.25, 0.3) is 11.0 Å². The van der Waals surface area contributed by atoms with Crippen molar-refractivity contribution in [3.63, 3.8) is 0 Å². The molecule has 0 aliphatic heterocycles. The zero-order valence-corrected chi connectivity index (χ0v) is 15.1. The topological polar surface area (TPSA) is 59.8 Å². The van der Waals surface area contributed by atoms with Crippen molar-refractivity contribution >= 4 is 16.9 Å². The molecule has 0 atom stereocenters. The first kappa shape index (κ1) is 16.8. The van der Waals surface area contributed by atoms with Gasteiger partial charge in [0.05, 0.1) is 23.2 Å². The lowest BCUT2D eigenvalue weighted by Crippen LogP contribution is -2.26. The highest BCUT2D eigenvalue weighted by Crippen LogP contribution is 2.31. The van der Waals surface area contributed by atoms with Crippen LogP contribution < -0.4 is 5.32 Å². The highest BCUT2D eigenvalue weighted by Gasteiger charge is 2.22. The number of benzene rings is 1. The molecule has 1 amide bonds. The van der Waals surface area contributed by atoms with Gasteiger partial charge in [-0.3, -0.25) is 4.79 Å². The van der Waals surface area contributed by atoms with Gasteiger partial charge in [-0.25, -0.2) is 9.67 Å². The molecule has 1 fully saturated rings. The second-order valence-corrected chi connectivity index (χ2v) is 7.07. The Hall–Kier alpha value is -2.69. The quantitative estimate of drug-likeness (QED) is 0.762. The number of fused-ring (bicyclic) bond motifs is 1. The van der Waals surface area contributed by atoms with Gasteiger partial charge in [-0.1, -0.05) is 43.2 Å². The number of nitrogens with one attached hydrogen (secondary N) is 1. The van der Waals surface area contributed by atoms with Crippen LogP contribution in [-0.4, -0.2) is 27.2 Å². The van der Waals surface area contributed by atoms with Crippen LogP contribution in [0, 0.1) is 6.92 Å². The van der Waals surface area contributed by atoms with Gasteiger partial charge in [-0.05, 0) is 37.8 Å². The maximum atomic E-state index is 12.8. The van der Waals surface area contributed by atoms with E-state index in [-0.39, 0.29) is 5.91 Å². The summed E-state index contributed by atoms with van der Waals surface area (Å²) in [6.45, 7) is 2.55. The van der Waals surface area contributed by atoms with Gasteiger partial charge in [0.2, 0.25) is 0 Å². The van der Waals surface area contributed by atoms with E-state index in [2.05, 4.69) is 27.5 Å². The van der Waals surface area contributed by atoms with Gasteiger partial charge in [-0.2, -0.15) is 5.10 Å². The van der Waals surface area contributed by atoms with Gasteiger partial charge in [0, 0.05) is 12.2 Å². The molecule has 0 radical (unpaired) electrons. The Morgan fingerprint density at radius 1 is 1.23 bits per heavy atom. The Balaban J connectivity index is 1.54. The van der Waals surface area contributed by atoms with Gasteiger partial charge < -0.3 is 5.32 Å².